The number of benzene rings is 2. The zero-order valence-electron chi connectivity index (χ0n) is 14.5. The molecule has 0 saturated carbocycles. The molecule has 0 bridgehead atoms. The molecule has 0 atom stereocenters. The molecule has 1 aromatic heterocycles. The molecule has 0 aliphatic heterocycles. The van der Waals surface area contributed by atoms with E-state index in [4.69, 9.17) is 4.42 Å². The normalized spacial score (nSPS) is 11.8. The Labute approximate surface area is 151 Å². The van der Waals surface area contributed by atoms with Crippen LogP contribution < -0.4 is 5.32 Å². The van der Waals surface area contributed by atoms with E-state index in [1.165, 1.54) is 26.2 Å². The van der Waals surface area contributed by atoms with Crippen LogP contribution in [0.2, 0.25) is 0 Å². The van der Waals surface area contributed by atoms with Crippen molar-refractivity contribution in [2.45, 2.75) is 17.7 Å². The summed E-state index contributed by atoms with van der Waals surface area (Å²) in [5, 5.41) is 2.71. The molecular weight excluding hydrogens is 354 g/mol. The summed E-state index contributed by atoms with van der Waals surface area (Å²) in [5.41, 5.74) is 1.87. The molecule has 0 aliphatic rings. The predicted molar refractivity (Wildman–Crippen MR) is 98.3 cm³/mol. The van der Waals surface area contributed by atoms with Gasteiger partial charge in [0.05, 0.1) is 4.90 Å². The van der Waals surface area contributed by atoms with E-state index in [2.05, 4.69) is 10.3 Å². The fourth-order valence-corrected chi connectivity index (χ4v) is 3.36. The first-order chi connectivity index (χ1) is 12.4. The number of nitrogens with one attached hydrogen (secondary N) is 1. The monoisotopic (exact) mass is 373 g/mol. The quantitative estimate of drug-likeness (QED) is 0.717. The number of aromatic nitrogens is 1. The molecule has 7 nitrogen and oxygen atoms in total. The average Bonchev–Trinajstić information content (AvgIpc) is 3.03. The van der Waals surface area contributed by atoms with Crippen LogP contribution in [0.1, 0.15) is 12.3 Å². The highest BCUT2D eigenvalue weighted by Gasteiger charge is 2.17. The highest BCUT2D eigenvalue weighted by atomic mass is 32.2. The largest absolute Gasteiger partial charge is 0.441 e. The predicted octanol–water partition coefficient (Wildman–Crippen LogP) is 2.65. The van der Waals surface area contributed by atoms with Crippen LogP contribution in [0.15, 0.2) is 57.8 Å². The number of aryl methyl sites for hydroxylation is 1. The van der Waals surface area contributed by atoms with E-state index >= 15 is 0 Å². The van der Waals surface area contributed by atoms with E-state index in [1.54, 1.807) is 12.1 Å². The van der Waals surface area contributed by atoms with Gasteiger partial charge < -0.3 is 9.73 Å². The Balaban J connectivity index is 1.65. The molecule has 0 spiro atoms. The summed E-state index contributed by atoms with van der Waals surface area (Å²) in [6.45, 7) is 0. The van der Waals surface area contributed by atoms with Crippen LogP contribution in [0, 0.1) is 0 Å². The lowest BCUT2D eigenvalue weighted by atomic mass is 10.2. The molecule has 1 heterocycles. The van der Waals surface area contributed by atoms with Crippen molar-refractivity contribution in [3.8, 4) is 0 Å². The van der Waals surface area contributed by atoms with Gasteiger partial charge in [-0.2, -0.15) is 0 Å². The molecule has 26 heavy (non-hydrogen) atoms. The van der Waals surface area contributed by atoms with E-state index in [1.807, 2.05) is 24.3 Å². The number of para-hydroxylation sites is 2. The second kappa shape index (κ2) is 7.27. The van der Waals surface area contributed by atoms with Crippen LogP contribution in [0.25, 0.3) is 11.1 Å². The smallest absolute Gasteiger partial charge is 0.242 e. The minimum Gasteiger partial charge on any atom is -0.441 e. The van der Waals surface area contributed by atoms with Gasteiger partial charge in [-0.3, -0.25) is 4.79 Å². The van der Waals surface area contributed by atoms with Crippen molar-refractivity contribution in [3.05, 3.63) is 54.4 Å². The highest BCUT2D eigenvalue weighted by Crippen LogP contribution is 2.19. The number of sulfonamides is 1. The standard InChI is InChI=1S/C18H19N3O4S/c1-21(2)26(23,24)14-7-5-6-13(12-14)19-17(22)10-11-18-20-15-8-3-4-9-16(15)25-18/h3-9,12H,10-11H2,1-2H3,(H,19,22). The van der Waals surface area contributed by atoms with Crippen LogP contribution in [0.4, 0.5) is 5.69 Å². The molecule has 3 rings (SSSR count). The number of nitrogens with zero attached hydrogens (tertiary/aromatic N) is 2. The summed E-state index contributed by atoms with van der Waals surface area (Å²) < 4.78 is 31.0. The SMILES string of the molecule is CN(C)S(=O)(=O)c1cccc(NC(=O)CCc2nc3ccccc3o2)c1. The summed E-state index contributed by atoms with van der Waals surface area (Å²) in [6, 6.07) is 13.6. The zero-order chi connectivity index (χ0) is 18.7. The van der Waals surface area contributed by atoms with E-state index in [-0.39, 0.29) is 17.2 Å². The van der Waals surface area contributed by atoms with Gasteiger partial charge in [0, 0.05) is 32.6 Å². The van der Waals surface area contributed by atoms with Gasteiger partial charge in [0.2, 0.25) is 15.9 Å². The van der Waals surface area contributed by atoms with Gasteiger partial charge in [-0.05, 0) is 30.3 Å². The third-order valence-corrected chi connectivity index (χ3v) is 5.61. The van der Waals surface area contributed by atoms with Gasteiger partial charge >= 0.3 is 0 Å². The Bertz CT molecular complexity index is 1010. The Morgan fingerprint density at radius 1 is 1.15 bits per heavy atom. The number of carbonyl (C=O) groups is 1. The Hall–Kier alpha value is -2.71. The summed E-state index contributed by atoms with van der Waals surface area (Å²) in [6.07, 6.45) is 0.535. The number of fused-ring (bicyclic) bond motifs is 1. The lowest BCUT2D eigenvalue weighted by Gasteiger charge is -2.12. The van der Waals surface area contributed by atoms with Crippen molar-refractivity contribution in [2.75, 3.05) is 19.4 Å². The van der Waals surface area contributed by atoms with Gasteiger partial charge in [0.15, 0.2) is 11.5 Å². The number of amides is 1. The second-order valence-corrected chi connectivity index (χ2v) is 8.09. The molecule has 0 unspecified atom stereocenters. The van der Waals surface area contributed by atoms with Gasteiger partial charge in [-0.25, -0.2) is 17.7 Å². The van der Waals surface area contributed by atoms with Crippen LogP contribution in [0.5, 0.6) is 0 Å². The Morgan fingerprint density at radius 3 is 2.65 bits per heavy atom. The lowest BCUT2D eigenvalue weighted by Crippen LogP contribution is -2.22. The number of hydrogen-bond acceptors (Lipinski definition) is 5. The zero-order valence-corrected chi connectivity index (χ0v) is 15.3. The van der Waals surface area contributed by atoms with Gasteiger partial charge in [-0.1, -0.05) is 18.2 Å². The molecule has 136 valence electrons. The van der Waals surface area contributed by atoms with Crippen LogP contribution in [-0.2, 0) is 21.2 Å². The van der Waals surface area contributed by atoms with Crippen molar-refractivity contribution in [3.63, 3.8) is 0 Å². The number of anilines is 1. The lowest BCUT2D eigenvalue weighted by molar-refractivity contribution is -0.116. The number of oxazole rings is 1. The first-order valence-corrected chi connectivity index (χ1v) is 9.47. The minimum atomic E-state index is -3.55. The third kappa shape index (κ3) is 3.92. The maximum atomic E-state index is 12.2. The molecule has 3 aromatic rings. The summed E-state index contributed by atoms with van der Waals surface area (Å²) in [7, 11) is -0.630. The first kappa shape index (κ1) is 18.1. The summed E-state index contributed by atoms with van der Waals surface area (Å²) in [5.74, 6) is 0.247. The van der Waals surface area contributed by atoms with Gasteiger partial charge in [0.25, 0.3) is 0 Å². The van der Waals surface area contributed by atoms with E-state index in [9.17, 15) is 13.2 Å². The minimum absolute atomic E-state index is 0.124. The topological polar surface area (TPSA) is 92.5 Å². The highest BCUT2D eigenvalue weighted by molar-refractivity contribution is 7.89. The fraction of sp³-hybridized carbons (Fsp3) is 0.222. The molecule has 0 radical (unpaired) electrons. The van der Waals surface area contributed by atoms with E-state index in [0.29, 0.717) is 23.6 Å². The average molecular weight is 373 g/mol. The molecule has 2 aromatic carbocycles. The van der Waals surface area contributed by atoms with Gasteiger partial charge in [0.1, 0.15) is 5.52 Å². The van der Waals surface area contributed by atoms with Gasteiger partial charge in [-0.15, -0.1) is 0 Å². The number of hydrogen-bond donors (Lipinski definition) is 1. The molecule has 1 N–H and O–H groups in total. The summed E-state index contributed by atoms with van der Waals surface area (Å²) in [4.78, 5) is 16.6. The second-order valence-electron chi connectivity index (χ2n) is 5.94. The molecule has 8 heteroatoms. The van der Waals surface area contributed by atoms with E-state index < -0.39 is 10.0 Å². The maximum absolute atomic E-state index is 12.2. The Kier molecular flexibility index (Phi) is 5.06. The first-order valence-electron chi connectivity index (χ1n) is 8.03. The molecular formula is C18H19N3O4S. The molecule has 0 fully saturated rings. The van der Waals surface area contributed by atoms with Crippen LogP contribution >= 0.6 is 0 Å². The number of carbonyl (C=O) groups excluding carboxylic acids is 1. The van der Waals surface area contributed by atoms with Crippen molar-refractivity contribution in [1.29, 1.82) is 0 Å². The van der Waals surface area contributed by atoms with Crippen LogP contribution in [-0.4, -0.2) is 37.7 Å². The van der Waals surface area contributed by atoms with Crippen LogP contribution in [0.3, 0.4) is 0 Å². The molecule has 0 saturated heterocycles. The van der Waals surface area contributed by atoms with Crippen molar-refractivity contribution in [1.82, 2.24) is 9.29 Å². The van der Waals surface area contributed by atoms with Crippen molar-refractivity contribution >= 4 is 32.7 Å². The fourth-order valence-electron chi connectivity index (χ4n) is 2.42. The van der Waals surface area contributed by atoms with Crippen molar-refractivity contribution < 1.29 is 17.6 Å². The number of rotatable bonds is 6. The van der Waals surface area contributed by atoms with Crippen molar-refractivity contribution in [2.24, 2.45) is 0 Å². The third-order valence-electron chi connectivity index (χ3n) is 3.80. The summed E-state index contributed by atoms with van der Waals surface area (Å²) >= 11 is 0. The maximum Gasteiger partial charge on any atom is 0.242 e. The molecule has 1 amide bonds. The molecule has 0 aliphatic carbocycles. The van der Waals surface area contributed by atoms with E-state index in [0.717, 1.165) is 9.82 Å². The Morgan fingerprint density at radius 2 is 1.92 bits per heavy atom.